The largest absolute Gasteiger partial charge is 0.389 e. The lowest BCUT2D eigenvalue weighted by atomic mass is 9.58. The molecule has 0 aromatic carbocycles. The van der Waals surface area contributed by atoms with Gasteiger partial charge in [-0.25, -0.2) is 0 Å². The minimum absolute atomic E-state index is 0.00989. The first-order chi connectivity index (χ1) is 10.2. The van der Waals surface area contributed by atoms with Gasteiger partial charge in [0.25, 0.3) is 0 Å². The predicted molar refractivity (Wildman–Crippen MR) is 89.4 cm³/mol. The number of ketones is 1. The van der Waals surface area contributed by atoms with Gasteiger partial charge in [-0.15, -0.1) is 0 Å². The summed E-state index contributed by atoms with van der Waals surface area (Å²) >= 11 is 0. The third-order valence-corrected chi connectivity index (χ3v) is 7.01. The van der Waals surface area contributed by atoms with E-state index in [0.29, 0.717) is 11.8 Å². The van der Waals surface area contributed by atoms with Crippen LogP contribution in [-0.4, -0.2) is 17.0 Å². The maximum Gasteiger partial charge on any atom is 0.159 e. The van der Waals surface area contributed by atoms with Crippen LogP contribution in [-0.2, 0) is 4.79 Å². The highest BCUT2D eigenvalue weighted by molar-refractivity contribution is 5.97. The van der Waals surface area contributed by atoms with Crippen LogP contribution >= 0.6 is 0 Å². The number of carbonyl (C=O) groups excluding carboxylic acids is 1. The average molecular weight is 302 g/mol. The van der Waals surface area contributed by atoms with E-state index in [1.807, 2.05) is 6.08 Å². The van der Waals surface area contributed by atoms with E-state index in [1.165, 1.54) is 5.57 Å². The molecule has 2 heteroatoms. The predicted octanol–water partition coefficient (Wildman–Crippen LogP) is 4.29. The maximum absolute atomic E-state index is 12.6. The average Bonchev–Trinajstić information content (AvgIpc) is 3.05. The van der Waals surface area contributed by atoms with Crippen LogP contribution in [0.5, 0.6) is 0 Å². The lowest BCUT2D eigenvalue weighted by Gasteiger charge is -2.47. The summed E-state index contributed by atoms with van der Waals surface area (Å²) in [5.41, 5.74) is 2.51. The van der Waals surface area contributed by atoms with Crippen LogP contribution in [0.25, 0.3) is 0 Å². The summed E-state index contributed by atoms with van der Waals surface area (Å²) in [6.07, 6.45) is 7.70. The molecule has 3 rings (SSSR count). The van der Waals surface area contributed by atoms with E-state index in [-0.39, 0.29) is 22.5 Å². The third kappa shape index (κ3) is 2.06. The summed E-state index contributed by atoms with van der Waals surface area (Å²) in [5, 5.41) is 10.4. The van der Waals surface area contributed by atoms with Gasteiger partial charge in [0.05, 0.1) is 6.10 Å². The highest BCUT2D eigenvalue weighted by atomic mass is 16.3. The maximum atomic E-state index is 12.6. The molecule has 2 saturated carbocycles. The number of hydrogen-bond acceptors (Lipinski definition) is 2. The highest BCUT2D eigenvalue weighted by Crippen LogP contribution is 2.75. The second-order valence-corrected chi connectivity index (χ2v) is 8.56. The van der Waals surface area contributed by atoms with Crippen LogP contribution in [0.3, 0.4) is 0 Å². The van der Waals surface area contributed by atoms with Crippen LogP contribution in [0.4, 0.5) is 0 Å². The Morgan fingerprint density at radius 1 is 1.36 bits per heavy atom. The van der Waals surface area contributed by atoms with Crippen molar-refractivity contribution in [2.75, 3.05) is 0 Å². The number of rotatable bonds is 3. The molecule has 1 N–H and O–H groups in total. The van der Waals surface area contributed by atoms with Gasteiger partial charge >= 0.3 is 0 Å². The summed E-state index contributed by atoms with van der Waals surface area (Å²) < 4.78 is 0. The van der Waals surface area contributed by atoms with Crippen LogP contribution < -0.4 is 0 Å². The van der Waals surface area contributed by atoms with Crippen molar-refractivity contribution < 1.29 is 9.90 Å². The Balaban J connectivity index is 1.91. The molecule has 3 aliphatic rings. The number of carbonyl (C=O) groups is 1. The van der Waals surface area contributed by atoms with E-state index in [1.54, 1.807) is 0 Å². The van der Waals surface area contributed by atoms with E-state index in [4.69, 9.17) is 0 Å². The van der Waals surface area contributed by atoms with E-state index in [2.05, 4.69) is 40.7 Å². The Hall–Kier alpha value is -0.890. The van der Waals surface area contributed by atoms with Gasteiger partial charge in [0, 0.05) is 5.92 Å². The number of fused-ring (bicyclic) bond motifs is 3. The van der Waals surface area contributed by atoms with Crippen molar-refractivity contribution in [3.63, 3.8) is 0 Å². The van der Waals surface area contributed by atoms with Gasteiger partial charge in [-0.1, -0.05) is 32.4 Å². The number of aliphatic hydroxyl groups excluding tert-OH is 1. The van der Waals surface area contributed by atoms with Crippen molar-refractivity contribution in [1.82, 2.24) is 0 Å². The molecule has 0 bridgehead atoms. The van der Waals surface area contributed by atoms with Crippen LogP contribution in [0.15, 0.2) is 23.3 Å². The molecule has 6 unspecified atom stereocenters. The van der Waals surface area contributed by atoms with E-state index in [0.717, 1.165) is 31.3 Å². The lowest BCUT2D eigenvalue weighted by molar-refractivity contribution is -0.118. The molecule has 22 heavy (non-hydrogen) atoms. The highest BCUT2D eigenvalue weighted by Gasteiger charge is 2.73. The summed E-state index contributed by atoms with van der Waals surface area (Å²) in [6.45, 7) is 11.2. The Kier molecular flexibility index (Phi) is 3.67. The van der Waals surface area contributed by atoms with Gasteiger partial charge in [-0.2, -0.15) is 0 Å². The molecule has 0 radical (unpaired) electrons. The Morgan fingerprint density at radius 3 is 2.68 bits per heavy atom. The summed E-state index contributed by atoms with van der Waals surface area (Å²) in [5.74, 6) is 1.42. The molecule has 2 fully saturated rings. The van der Waals surface area contributed by atoms with Gasteiger partial charge in [0.15, 0.2) is 5.78 Å². The molecule has 0 aliphatic heterocycles. The van der Waals surface area contributed by atoms with Crippen molar-refractivity contribution >= 4 is 5.78 Å². The number of allylic oxidation sites excluding steroid dienone is 3. The second kappa shape index (κ2) is 5.06. The van der Waals surface area contributed by atoms with Gasteiger partial charge in [0.2, 0.25) is 0 Å². The standard InChI is InChI=1S/C20H30O2/c1-12(2)7-6-10-19(4)17-16(22)11-14-15(21)9-8-13(3)20(14,5)18(17)19/h7,11,13,15,17-18,21H,6,8-10H2,1-5H3. The molecule has 0 aromatic rings. The molecule has 0 saturated heterocycles. The second-order valence-electron chi connectivity index (χ2n) is 8.56. The zero-order valence-corrected chi connectivity index (χ0v) is 14.6. The zero-order valence-electron chi connectivity index (χ0n) is 14.6. The monoisotopic (exact) mass is 302 g/mol. The molecule has 122 valence electrons. The SMILES string of the molecule is CC(C)=CCCC1(C)C2C(=O)C=C3C(O)CCC(C)C3(C)C21. The Morgan fingerprint density at radius 2 is 2.05 bits per heavy atom. The molecule has 0 heterocycles. The minimum atomic E-state index is -0.409. The fourth-order valence-corrected chi connectivity index (χ4v) is 5.56. The molecule has 0 spiro atoms. The Bertz CT molecular complexity index is 554. The van der Waals surface area contributed by atoms with Crippen LogP contribution in [0.1, 0.15) is 60.3 Å². The van der Waals surface area contributed by atoms with Crippen molar-refractivity contribution in [3.05, 3.63) is 23.3 Å². The van der Waals surface area contributed by atoms with E-state index in [9.17, 15) is 9.90 Å². The summed E-state index contributed by atoms with van der Waals surface area (Å²) in [7, 11) is 0. The zero-order chi connectivity index (χ0) is 16.3. The Labute approximate surface area is 134 Å². The third-order valence-electron chi connectivity index (χ3n) is 7.01. The van der Waals surface area contributed by atoms with Gasteiger partial charge in [0.1, 0.15) is 0 Å². The first kappa shape index (κ1) is 16.0. The molecular formula is C20H30O2. The number of aliphatic hydroxyl groups is 1. The molecule has 2 nitrogen and oxygen atoms in total. The topological polar surface area (TPSA) is 37.3 Å². The normalized spacial score (nSPS) is 46.5. The smallest absolute Gasteiger partial charge is 0.159 e. The number of hydrogen-bond donors (Lipinski definition) is 1. The molecular weight excluding hydrogens is 272 g/mol. The van der Waals surface area contributed by atoms with E-state index < -0.39 is 6.10 Å². The van der Waals surface area contributed by atoms with Crippen molar-refractivity contribution in [2.45, 2.75) is 66.4 Å². The van der Waals surface area contributed by atoms with Gasteiger partial charge < -0.3 is 5.11 Å². The molecule has 6 atom stereocenters. The van der Waals surface area contributed by atoms with Crippen LogP contribution in [0, 0.1) is 28.6 Å². The fourth-order valence-electron chi connectivity index (χ4n) is 5.56. The van der Waals surface area contributed by atoms with Crippen molar-refractivity contribution in [2.24, 2.45) is 28.6 Å². The molecule has 3 aliphatic carbocycles. The fraction of sp³-hybridized carbons (Fsp3) is 0.750. The lowest BCUT2D eigenvalue weighted by Crippen LogP contribution is -2.43. The summed E-state index contributed by atoms with van der Waals surface area (Å²) in [4.78, 5) is 12.6. The van der Waals surface area contributed by atoms with Crippen molar-refractivity contribution in [1.29, 1.82) is 0 Å². The molecule has 0 aromatic heterocycles. The quantitative estimate of drug-likeness (QED) is 0.790. The van der Waals surface area contributed by atoms with Gasteiger partial charge in [-0.3, -0.25) is 4.79 Å². The van der Waals surface area contributed by atoms with E-state index >= 15 is 0 Å². The molecule has 0 amide bonds. The van der Waals surface area contributed by atoms with Crippen molar-refractivity contribution in [3.8, 4) is 0 Å². The first-order valence-electron chi connectivity index (χ1n) is 8.80. The van der Waals surface area contributed by atoms with Gasteiger partial charge in [-0.05, 0) is 73.8 Å². The first-order valence-corrected chi connectivity index (χ1v) is 8.80. The minimum Gasteiger partial charge on any atom is -0.389 e. The van der Waals surface area contributed by atoms with Crippen LogP contribution in [0.2, 0.25) is 0 Å². The summed E-state index contributed by atoms with van der Waals surface area (Å²) in [6, 6.07) is 0.